The Kier molecular flexibility index (Phi) is 4.99. The van der Waals surface area contributed by atoms with Crippen molar-refractivity contribution < 1.29 is 9.84 Å². The Morgan fingerprint density at radius 1 is 1.39 bits per heavy atom. The van der Waals surface area contributed by atoms with E-state index in [0.717, 1.165) is 12.8 Å². The Hall–Kier alpha value is -1.73. The molecule has 0 bridgehead atoms. The number of benzene rings is 1. The van der Waals surface area contributed by atoms with Crippen LogP contribution in [0.15, 0.2) is 18.2 Å². The molecule has 0 saturated heterocycles. The minimum Gasteiger partial charge on any atom is -0.497 e. The van der Waals surface area contributed by atoms with E-state index >= 15 is 0 Å². The van der Waals surface area contributed by atoms with Crippen LogP contribution in [-0.4, -0.2) is 24.4 Å². The fraction of sp³-hybridized carbons (Fsp3) is 0.500. The van der Waals surface area contributed by atoms with Gasteiger partial charge in [-0.25, -0.2) is 0 Å². The highest BCUT2D eigenvalue weighted by Gasteiger charge is 2.25. The minimum atomic E-state index is -0.391. The van der Waals surface area contributed by atoms with Crippen LogP contribution in [0.1, 0.15) is 32.3 Å². The van der Waals surface area contributed by atoms with Gasteiger partial charge in [-0.3, -0.25) is 0 Å². The molecule has 0 saturated carbocycles. The van der Waals surface area contributed by atoms with Crippen LogP contribution in [-0.2, 0) is 0 Å². The summed E-state index contributed by atoms with van der Waals surface area (Å²) < 4.78 is 5.16. The lowest BCUT2D eigenvalue weighted by molar-refractivity contribution is 0.202. The van der Waals surface area contributed by atoms with Crippen LogP contribution >= 0.6 is 0 Å². The molecule has 0 spiro atoms. The summed E-state index contributed by atoms with van der Waals surface area (Å²) in [5.74, 6) is 0.690. The molecule has 0 radical (unpaired) electrons. The number of nitriles is 1. The Balaban J connectivity index is 3.12. The van der Waals surface area contributed by atoms with Gasteiger partial charge in [-0.05, 0) is 25.0 Å². The Bertz CT molecular complexity index is 426. The van der Waals surface area contributed by atoms with E-state index in [2.05, 4.69) is 11.4 Å². The highest BCUT2D eigenvalue weighted by atomic mass is 16.5. The standard InChI is InChI=1S/C14H20N2O2/c1-4-14(5-2,10-17)16-13-8-12(18-3)7-6-11(13)9-15/h6-8,16-17H,4-5,10H2,1-3H3. The predicted molar refractivity (Wildman–Crippen MR) is 71.7 cm³/mol. The lowest BCUT2D eigenvalue weighted by Crippen LogP contribution is -2.41. The molecule has 0 atom stereocenters. The molecule has 98 valence electrons. The van der Waals surface area contributed by atoms with Gasteiger partial charge < -0.3 is 15.2 Å². The number of hydrogen-bond acceptors (Lipinski definition) is 4. The first-order chi connectivity index (χ1) is 8.64. The average Bonchev–Trinajstić information content (AvgIpc) is 2.44. The molecular formula is C14H20N2O2. The smallest absolute Gasteiger partial charge is 0.121 e. The molecule has 0 amide bonds. The summed E-state index contributed by atoms with van der Waals surface area (Å²) in [5.41, 5.74) is 0.864. The van der Waals surface area contributed by atoms with Gasteiger partial charge in [0.05, 0.1) is 30.5 Å². The van der Waals surface area contributed by atoms with Gasteiger partial charge in [0, 0.05) is 6.07 Å². The third kappa shape index (κ3) is 2.93. The molecule has 0 aromatic heterocycles. The fourth-order valence-electron chi connectivity index (χ4n) is 1.83. The number of rotatable bonds is 6. The largest absolute Gasteiger partial charge is 0.497 e. The van der Waals surface area contributed by atoms with Gasteiger partial charge in [-0.2, -0.15) is 5.26 Å². The van der Waals surface area contributed by atoms with Crippen molar-refractivity contribution in [3.05, 3.63) is 23.8 Å². The van der Waals surface area contributed by atoms with Crippen LogP contribution < -0.4 is 10.1 Å². The van der Waals surface area contributed by atoms with E-state index in [0.29, 0.717) is 17.0 Å². The molecule has 1 aromatic rings. The summed E-state index contributed by atoms with van der Waals surface area (Å²) in [6, 6.07) is 7.40. The Morgan fingerprint density at radius 2 is 2.06 bits per heavy atom. The maximum absolute atomic E-state index is 9.55. The monoisotopic (exact) mass is 248 g/mol. The van der Waals surface area contributed by atoms with Crippen LogP contribution in [0.4, 0.5) is 5.69 Å². The summed E-state index contributed by atoms with van der Waals surface area (Å²) in [6.45, 7) is 4.06. The molecule has 0 heterocycles. The summed E-state index contributed by atoms with van der Waals surface area (Å²) >= 11 is 0. The van der Waals surface area contributed by atoms with Crippen molar-refractivity contribution in [2.24, 2.45) is 0 Å². The van der Waals surface area contributed by atoms with Crippen molar-refractivity contribution in [1.82, 2.24) is 0 Å². The van der Waals surface area contributed by atoms with E-state index in [4.69, 9.17) is 10.00 Å². The summed E-state index contributed by atoms with van der Waals surface area (Å²) in [7, 11) is 1.59. The molecule has 0 unspecified atom stereocenters. The van der Waals surface area contributed by atoms with Gasteiger partial charge in [0.25, 0.3) is 0 Å². The molecule has 0 aliphatic rings. The third-order valence-corrected chi connectivity index (χ3v) is 3.40. The predicted octanol–water partition coefficient (Wildman–Crippen LogP) is 2.53. The highest BCUT2D eigenvalue weighted by molar-refractivity contribution is 5.61. The van der Waals surface area contributed by atoms with Crippen LogP contribution in [0, 0.1) is 11.3 Å². The van der Waals surface area contributed by atoms with Crippen LogP contribution in [0.5, 0.6) is 5.75 Å². The first-order valence-corrected chi connectivity index (χ1v) is 6.12. The molecule has 4 heteroatoms. The minimum absolute atomic E-state index is 0.0298. The zero-order valence-corrected chi connectivity index (χ0v) is 11.2. The molecule has 4 nitrogen and oxygen atoms in total. The SMILES string of the molecule is CCC(CC)(CO)Nc1cc(OC)ccc1C#N. The van der Waals surface area contributed by atoms with Crippen molar-refractivity contribution in [1.29, 1.82) is 5.26 Å². The molecule has 1 aromatic carbocycles. The van der Waals surface area contributed by atoms with Crippen LogP contribution in [0.25, 0.3) is 0 Å². The second-order valence-corrected chi connectivity index (χ2v) is 4.29. The summed E-state index contributed by atoms with van der Waals surface area (Å²) in [5, 5.41) is 21.9. The molecular weight excluding hydrogens is 228 g/mol. The maximum atomic E-state index is 9.55. The molecule has 0 aliphatic heterocycles. The number of aliphatic hydroxyl groups is 1. The number of methoxy groups -OCH3 is 1. The first kappa shape index (κ1) is 14.3. The van der Waals surface area contributed by atoms with E-state index in [1.54, 1.807) is 25.3 Å². The quantitative estimate of drug-likeness (QED) is 0.812. The van der Waals surface area contributed by atoms with Crippen LogP contribution in [0.2, 0.25) is 0 Å². The molecule has 2 N–H and O–H groups in total. The second kappa shape index (κ2) is 6.27. The number of anilines is 1. The van der Waals surface area contributed by atoms with Gasteiger partial charge in [0.2, 0.25) is 0 Å². The maximum Gasteiger partial charge on any atom is 0.121 e. The lowest BCUT2D eigenvalue weighted by atomic mass is 9.93. The second-order valence-electron chi connectivity index (χ2n) is 4.29. The molecule has 0 fully saturated rings. The van der Waals surface area contributed by atoms with Crippen molar-refractivity contribution in [3.8, 4) is 11.8 Å². The van der Waals surface area contributed by atoms with E-state index in [1.165, 1.54) is 0 Å². The Labute approximate surface area is 108 Å². The molecule has 1 rings (SSSR count). The van der Waals surface area contributed by atoms with Gasteiger partial charge in [0.1, 0.15) is 11.8 Å². The molecule has 0 aliphatic carbocycles. The zero-order valence-electron chi connectivity index (χ0n) is 11.2. The van der Waals surface area contributed by atoms with E-state index in [1.807, 2.05) is 13.8 Å². The van der Waals surface area contributed by atoms with Gasteiger partial charge in [0.15, 0.2) is 0 Å². The topological polar surface area (TPSA) is 65.3 Å². The summed E-state index contributed by atoms with van der Waals surface area (Å²) in [6.07, 6.45) is 1.56. The number of aliphatic hydroxyl groups excluding tert-OH is 1. The number of ether oxygens (including phenoxy) is 1. The van der Waals surface area contributed by atoms with Gasteiger partial charge in [-0.1, -0.05) is 13.8 Å². The van der Waals surface area contributed by atoms with Crippen molar-refractivity contribution >= 4 is 5.69 Å². The number of nitrogens with one attached hydrogen (secondary N) is 1. The fourth-order valence-corrected chi connectivity index (χ4v) is 1.83. The average molecular weight is 248 g/mol. The zero-order chi connectivity index (χ0) is 13.6. The van der Waals surface area contributed by atoms with E-state index < -0.39 is 5.54 Å². The molecule has 18 heavy (non-hydrogen) atoms. The van der Waals surface area contributed by atoms with Crippen LogP contribution in [0.3, 0.4) is 0 Å². The Morgan fingerprint density at radius 3 is 2.50 bits per heavy atom. The van der Waals surface area contributed by atoms with Crippen molar-refractivity contribution in [2.75, 3.05) is 19.0 Å². The summed E-state index contributed by atoms with van der Waals surface area (Å²) in [4.78, 5) is 0. The first-order valence-electron chi connectivity index (χ1n) is 6.12. The van der Waals surface area contributed by atoms with Crippen molar-refractivity contribution in [2.45, 2.75) is 32.2 Å². The van der Waals surface area contributed by atoms with E-state index in [9.17, 15) is 5.11 Å². The third-order valence-electron chi connectivity index (χ3n) is 3.40. The van der Waals surface area contributed by atoms with E-state index in [-0.39, 0.29) is 6.61 Å². The van der Waals surface area contributed by atoms with Gasteiger partial charge in [-0.15, -0.1) is 0 Å². The normalized spacial score (nSPS) is 10.8. The highest BCUT2D eigenvalue weighted by Crippen LogP contribution is 2.27. The number of hydrogen-bond donors (Lipinski definition) is 2. The lowest BCUT2D eigenvalue weighted by Gasteiger charge is -2.32. The number of nitrogens with zero attached hydrogens (tertiary/aromatic N) is 1. The van der Waals surface area contributed by atoms with Crippen molar-refractivity contribution in [3.63, 3.8) is 0 Å². The van der Waals surface area contributed by atoms with Gasteiger partial charge >= 0.3 is 0 Å².